The molecule has 0 aliphatic carbocycles. The Hall–Kier alpha value is -3.76. The summed E-state index contributed by atoms with van der Waals surface area (Å²) in [6.07, 6.45) is 1.24. The van der Waals surface area contributed by atoms with Crippen LogP contribution in [-0.4, -0.2) is 62.7 Å². The third kappa shape index (κ3) is 8.17. The van der Waals surface area contributed by atoms with Gasteiger partial charge in [-0.3, -0.25) is 13.9 Å². The number of carbonyl (C=O) groups excluding carboxylic acids is 2. The molecule has 0 spiro atoms. The molecule has 0 fully saturated rings. The highest BCUT2D eigenvalue weighted by Gasteiger charge is 2.35. The first kappa shape index (κ1) is 31.2. The number of benzene rings is 3. The Morgan fingerprint density at radius 3 is 2.24 bits per heavy atom. The van der Waals surface area contributed by atoms with Gasteiger partial charge in [0.2, 0.25) is 21.8 Å². The van der Waals surface area contributed by atoms with Crippen molar-refractivity contribution in [1.82, 2.24) is 10.2 Å². The molecule has 4 rings (SSSR count). The van der Waals surface area contributed by atoms with Crippen LogP contribution in [0.1, 0.15) is 31.9 Å². The quantitative estimate of drug-likeness (QED) is 0.363. The van der Waals surface area contributed by atoms with E-state index in [1.54, 1.807) is 36.4 Å². The zero-order valence-electron chi connectivity index (χ0n) is 24.2. The first-order valence-corrected chi connectivity index (χ1v) is 15.8. The van der Waals surface area contributed by atoms with E-state index in [0.29, 0.717) is 35.3 Å². The van der Waals surface area contributed by atoms with Crippen molar-refractivity contribution in [2.45, 2.75) is 45.3 Å². The van der Waals surface area contributed by atoms with Crippen LogP contribution in [-0.2, 0) is 32.6 Å². The number of nitrogens with one attached hydrogen (secondary N) is 1. The van der Waals surface area contributed by atoms with Crippen LogP contribution in [0.25, 0.3) is 0 Å². The van der Waals surface area contributed by atoms with E-state index in [1.807, 2.05) is 51.1 Å². The Morgan fingerprint density at radius 1 is 0.952 bits per heavy atom. The molecule has 224 valence electrons. The van der Waals surface area contributed by atoms with Crippen molar-refractivity contribution in [2.75, 3.05) is 30.3 Å². The van der Waals surface area contributed by atoms with Crippen molar-refractivity contribution in [1.29, 1.82) is 0 Å². The summed E-state index contributed by atoms with van der Waals surface area (Å²) < 4.78 is 38.3. The van der Waals surface area contributed by atoms with E-state index in [0.717, 1.165) is 16.1 Å². The lowest BCUT2D eigenvalue weighted by Gasteiger charge is -2.35. The number of rotatable bonds is 10. The summed E-state index contributed by atoms with van der Waals surface area (Å²) in [6.45, 7) is 5.73. The Labute approximate surface area is 252 Å². The van der Waals surface area contributed by atoms with Gasteiger partial charge in [0.1, 0.15) is 25.8 Å². The lowest BCUT2D eigenvalue weighted by molar-refractivity contribution is -0.140. The van der Waals surface area contributed by atoms with Crippen LogP contribution in [0.15, 0.2) is 72.8 Å². The molecule has 9 nitrogen and oxygen atoms in total. The van der Waals surface area contributed by atoms with Gasteiger partial charge in [0.15, 0.2) is 11.5 Å². The maximum absolute atomic E-state index is 14.2. The molecule has 11 heteroatoms. The highest BCUT2D eigenvalue weighted by atomic mass is 35.5. The van der Waals surface area contributed by atoms with Gasteiger partial charge < -0.3 is 19.7 Å². The Bertz CT molecular complexity index is 1530. The second-order valence-corrected chi connectivity index (χ2v) is 13.5. The van der Waals surface area contributed by atoms with Crippen molar-refractivity contribution < 1.29 is 27.5 Å². The van der Waals surface area contributed by atoms with Crippen molar-refractivity contribution in [2.24, 2.45) is 0 Å². The minimum atomic E-state index is -3.92. The summed E-state index contributed by atoms with van der Waals surface area (Å²) in [5, 5.41) is 3.42. The van der Waals surface area contributed by atoms with E-state index in [9.17, 15) is 18.0 Å². The molecule has 1 N–H and O–H groups in total. The van der Waals surface area contributed by atoms with Crippen LogP contribution in [0, 0.1) is 0 Å². The molecule has 0 saturated heterocycles. The molecule has 1 unspecified atom stereocenters. The van der Waals surface area contributed by atoms with Gasteiger partial charge in [-0.1, -0.05) is 60.1 Å². The normalized spacial score (nSPS) is 13.6. The van der Waals surface area contributed by atoms with Crippen LogP contribution < -0.4 is 19.1 Å². The van der Waals surface area contributed by atoms with Crippen LogP contribution in [0.4, 0.5) is 5.69 Å². The number of ether oxygens (including phenoxy) is 2. The Kier molecular flexibility index (Phi) is 9.68. The molecule has 42 heavy (non-hydrogen) atoms. The summed E-state index contributed by atoms with van der Waals surface area (Å²) in [4.78, 5) is 29.4. The van der Waals surface area contributed by atoms with Gasteiger partial charge in [0, 0.05) is 29.6 Å². The van der Waals surface area contributed by atoms with Crippen LogP contribution in [0.3, 0.4) is 0 Å². The number of hydrogen-bond donors (Lipinski definition) is 1. The van der Waals surface area contributed by atoms with E-state index >= 15 is 0 Å². The van der Waals surface area contributed by atoms with E-state index in [1.165, 1.54) is 11.0 Å². The molecular formula is C31H36ClN3O6S. The SMILES string of the molecule is CC(C)(C)NC(=O)C(Cc1ccccc1)N(Cc1ccccc1Cl)C(=O)CN(c1ccc2c(c1)OCCO2)S(C)(=O)=O. The zero-order valence-corrected chi connectivity index (χ0v) is 25.7. The van der Waals surface area contributed by atoms with E-state index in [-0.39, 0.29) is 24.6 Å². The summed E-state index contributed by atoms with van der Waals surface area (Å²) in [6, 6.07) is 20.2. The minimum Gasteiger partial charge on any atom is -0.486 e. The average Bonchev–Trinajstić information content (AvgIpc) is 2.93. The molecule has 2 amide bonds. The molecule has 1 heterocycles. The molecule has 0 aromatic heterocycles. The largest absolute Gasteiger partial charge is 0.486 e. The Morgan fingerprint density at radius 2 is 1.60 bits per heavy atom. The molecule has 0 radical (unpaired) electrons. The second kappa shape index (κ2) is 13.0. The van der Waals surface area contributed by atoms with Crippen molar-refractivity contribution in [3.05, 3.63) is 88.9 Å². The highest BCUT2D eigenvalue weighted by molar-refractivity contribution is 7.92. The summed E-state index contributed by atoms with van der Waals surface area (Å²) in [7, 11) is -3.92. The van der Waals surface area contributed by atoms with Crippen molar-refractivity contribution in [3.63, 3.8) is 0 Å². The van der Waals surface area contributed by atoms with Crippen molar-refractivity contribution in [3.8, 4) is 11.5 Å². The second-order valence-electron chi connectivity index (χ2n) is 11.2. The molecule has 1 aliphatic rings. The van der Waals surface area contributed by atoms with E-state index < -0.39 is 34.1 Å². The number of fused-ring (bicyclic) bond motifs is 1. The third-order valence-corrected chi connectivity index (χ3v) is 8.07. The Balaban J connectivity index is 1.75. The summed E-state index contributed by atoms with van der Waals surface area (Å²) in [5.41, 5.74) is 1.14. The molecule has 0 saturated carbocycles. The summed E-state index contributed by atoms with van der Waals surface area (Å²) in [5.74, 6) is -0.0524. The fourth-order valence-corrected chi connectivity index (χ4v) is 5.65. The lowest BCUT2D eigenvalue weighted by atomic mass is 10.0. The number of halogens is 1. The number of anilines is 1. The van der Waals surface area contributed by atoms with E-state index in [2.05, 4.69) is 5.32 Å². The highest BCUT2D eigenvalue weighted by Crippen LogP contribution is 2.35. The molecule has 1 atom stereocenters. The first-order valence-electron chi connectivity index (χ1n) is 13.6. The van der Waals surface area contributed by atoms with Gasteiger partial charge in [-0.05, 0) is 50.1 Å². The van der Waals surface area contributed by atoms with Crippen molar-refractivity contribution >= 4 is 39.1 Å². The van der Waals surface area contributed by atoms with Gasteiger partial charge in [-0.2, -0.15) is 0 Å². The predicted octanol–water partition coefficient (Wildman–Crippen LogP) is 4.43. The standard InChI is InChI=1S/C31H36ClN3O6S/c1-31(2,3)33-30(37)26(18-22-10-6-5-7-11-22)34(20-23-12-8-9-13-25(23)32)29(36)21-35(42(4,38)39)24-14-15-27-28(19-24)41-17-16-40-27/h5-15,19,26H,16-18,20-21H2,1-4H3,(H,33,37). The van der Waals surface area contributed by atoms with Gasteiger partial charge in [-0.25, -0.2) is 8.42 Å². The minimum absolute atomic E-state index is 0.00763. The van der Waals surface area contributed by atoms with Gasteiger partial charge in [0.25, 0.3) is 0 Å². The smallest absolute Gasteiger partial charge is 0.244 e. The number of sulfonamides is 1. The number of carbonyl (C=O) groups is 2. The molecular weight excluding hydrogens is 578 g/mol. The predicted molar refractivity (Wildman–Crippen MR) is 163 cm³/mol. The topological polar surface area (TPSA) is 105 Å². The monoisotopic (exact) mass is 613 g/mol. The maximum Gasteiger partial charge on any atom is 0.244 e. The molecule has 3 aromatic rings. The zero-order chi connectivity index (χ0) is 30.5. The number of hydrogen-bond acceptors (Lipinski definition) is 6. The third-order valence-electron chi connectivity index (χ3n) is 6.56. The first-order chi connectivity index (χ1) is 19.8. The van der Waals surface area contributed by atoms with Gasteiger partial charge in [-0.15, -0.1) is 0 Å². The molecule has 0 bridgehead atoms. The maximum atomic E-state index is 14.2. The van der Waals surface area contributed by atoms with Gasteiger partial charge >= 0.3 is 0 Å². The molecule has 3 aromatic carbocycles. The van der Waals surface area contributed by atoms with Crippen LogP contribution in [0.5, 0.6) is 11.5 Å². The fraction of sp³-hybridized carbons (Fsp3) is 0.355. The lowest BCUT2D eigenvalue weighted by Crippen LogP contribution is -2.56. The number of nitrogens with zero attached hydrogens (tertiary/aromatic N) is 2. The molecule has 1 aliphatic heterocycles. The van der Waals surface area contributed by atoms with Crippen LogP contribution >= 0.6 is 11.6 Å². The van der Waals surface area contributed by atoms with Gasteiger partial charge in [0.05, 0.1) is 11.9 Å². The average molecular weight is 614 g/mol. The van der Waals surface area contributed by atoms with E-state index in [4.69, 9.17) is 21.1 Å². The van der Waals surface area contributed by atoms with Crippen LogP contribution in [0.2, 0.25) is 5.02 Å². The number of amides is 2. The summed E-state index contributed by atoms with van der Waals surface area (Å²) >= 11 is 6.50. The fourth-order valence-electron chi connectivity index (χ4n) is 4.62.